The first-order valence-corrected chi connectivity index (χ1v) is 10.1. The molecule has 0 bridgehead atoms. The van der Waals surface area contributed by atoms with Crippen molar-refractivity contribution in [2.75, 3.05) is 0 Å². The van der Waals surface area contributed by atoms with Gasteiger partial charge in [-0.15, -0.1) is 0 Å². The van der Waals surface area contributed by atoms with Gasteiger partial charge in [-0.05, 0) is 50.8 Å². The van der Waals surface area contributed by atoms with E-state index in [-0.39, 0.29) is 17.5 Å². The van der Waals surface area contributed by atoms with E-state index in [0.717, 1.165) is 31.2 Å². The predicted molar refractivity (Wildman–Crippen MR) is 111 cm³/mol. The summed E-state index contributed by atoms with van der Waals surface area (Å²) in [6.45, 7) is 1.66. The molecule has 150 valence electrons. The minimum absolute atomic E-state index is 0.0117. The molecule has 0 aliphatic heterocycles. The van der Waals surface area contributed by atoms with Gasteiger partial charge >= 0.3 is 5.97 Å². The van der Waals surface area contributed by atoms with Crippen LogP contribution in [-0.4, -0.2) is 18.2 Å². The highest BCUT2D eigenvalue weighted by molar-refractivity contribution is 5.80. The molecule has 5 heteroatoms. The van der Waals surface area contributed by atoms with Crippen molar-refractivity contribution < 1.29 is 18.7 Å². The minimum atomic E-state index is -0.745. The Morgan fingerprint density at radius 3 is 2.55 bits per heavy atom. The molecule has 3 aromatic rings. The molecule has 29 heavy (non-hydrogen) atoms. The van der Waals surface area contributed by atoms with Crippen molar-refractivity contribution in [2.24, 2.45) is 0 Å². The van der Waals surface area contributed by atoms with Gasteiger partial charge in [0.2, 0.25) is 0 Å². The molecule has 0 saturated heterocycles. The summed E-state index contributed by atoms with van der Waals surface area (Å²) in [5, 5.41) is 0.412. The normalized spacial score (nSPS) is 15.8. The summed E-state index contributed by atoms with van der Waals surface area (Å²) in [4.78, 5) is 24.9. The molecule has 5 nitrogen and oxygen atoms in total. The number of carbonyl (C=O) groups is 1. The summed E-state index contributed by atoms with van der Waals surface area (Å²) in [6.07, 6.45) is 4.47. The van der Waals surface area contributed by atoms with E-state index in [9.17, 15) is 9.59 Å². The van der Waals surface area contributed by atoms with Crippen LogP contribution in [0.25, 0.3) is 22.3 Å². The lowest BCUT2D eigenvalue weighted by atomic mass is 9.98. The standard InChI is InChI=1S/C24H24O5/c1-16(24(26)28-18-10-6-3-7-11-18)27-19-12-13-22-20(14-19)21(25)15-23(29-22)17-8-4-2-5-9-17/h2,4-5,8-9,12-16,18H,3,6-7,10-11H2,1H3/t16-/m0/s1. The van der Waals surface area contributed by atoms with Crippen LogP contribution in [0.2, 0.25) is 0 Å². The second kappa shape index (κ2) is 8.52. The maximum Gasteiger partial charge on any atom is 0.347 e. The lowest BCUT2D eigenvalue weighted by Gasteiger charge is -2.23. The van der Waals surface area contributed by atoms with Crippen LogP contribution in [0.15, 0.2) is 63.8 Å². The Balaban J connectivity index is 1.50. The SMILES string of the molecule is C[C@H](Oc1ccc2oc(-c3ccccc3)cc(=O)c2c1)C(=O)OC1CCCCC1. The molecule has 1 aromatic heterocycles. The molecule has 4 rings (SSSR count). The van der Waals surface area contributed by atoms with Gasteiger partial charge in [-0.2, -0.15) is 0 Å². The first kappa shape index (κ1) is 19.2. The predicted octanol–water partition coefficient (Wildman–Crippen LogP) is 5.10. The van der Waals surface area contributed by atoms with E-state index in [4.69, 9.17) is 13.9 Å². The summed E-state index contributed by atoms with van der Waals surface area (Å²) < 4.78 is 17.2. The molecule has 0 spiro atoms. The van der Waals surface area contributed by atoms with E-state index in [2.05, 4.69) is 0 Å². The van der Waals surface area contributed by atoms with E-state index in [1.54, 1.807) is 25.1 Å². The van der Waals surface area contributed by atoms with Crippen molar-refractivity contribution in [1.82, 2.24) is 0 Å². The molecular formula is C24H24O5. The van der Waals surface area contributed by atoms with Crippen LogP contribution in [0.3, 0.4) is 0 Å². The number of fused-ring (bicyclic) bond motifs is 1. The van der Waals surface area contributed by atoms with Gasteiger partial charge in [-0.1, -0.05) is 36.8 Å². The van der Waals surface area contributed by atoms with E-state index in [0.29, 0.717) is 22.5 Å². The topological polar surface area (TPSA) is 65.7 Å². The van der Waals surface area contributed by atoms with Crippen LogP contribution in [-0.2, 0) is 9.53 Å². The van der Waals surface area contributed by atoms with Crippen molar-refractivity contribution in [3.63, 3.8) is 0 Å². The zero-order valence-corrected chi connectivity index (χ0v) is 16.4. The van der Waals surface area contributed by atoms with Gasteiger partial charge in [0.1, 0.15) is 23.2 Å². The van der Waals surface area contributed by atoms with Crippen molar-refractivity contribution in [3.8, 4) is 17.1 Å². The molecule has 0 unspecified atom stereocenters. The average molecular weight is 392 g/mol. The van der Waals surface area contributed by atoms with Crippen molar-refractivity contribution in [3.05, 3.63) is 64.8 Å². The second-order valence-corrected chi connectivity index (χ2v) is 7.46. The minimum Gasteiger partial charge on any atom is -0.479 e. The monoisotopic (exact) mass is 392 g/mol. The summed E-state index contributed by atoms with van der Waals surface area (Å²) in [5.41, 5.74) is 1.15. The highest BCUT2D eigenvalue weighted by Gasteiger charge is 2.23. The van der Waals surface area contributed by atoms with Gasteiger partial charge < -0.3 is 13.9 Å². The molecule has 0 amide bonds. The quantitative estimate of drug-likeness (QED) is 0.565. The van der Waals surface area contributed by atoms with Crippen molar-refractivity contribution in [1.29, 1.82) is 0 Å². The van der Waals surface area contributed by atoms with Crippen LogP contribution in [0.1, 0.15) is 39.0 Å². The summed E-state index contributed by atoms with van der Waals surface area (Å²) in [7, 11) is 0. The zero-order valence-electron chi connectivity index (χ0n) is 16.4. The van der Waals surface area contributed by atoms with Gasteiger partial charge in [0.05, 0.1) is 5.39 Å². The Kier molecular flexibility index (Phi) is 5.65. The smallest absolute Gasteiger partial charge is 0.347 e. The fourth-order valence-corrected chi connectivity index (χ4v) is 3.65. The first-order chi connectivity index (χ1) is 14.1. The molecule has 1 aliphatic carbocycles. The van der Waals surface area contributed by atoms with Gasteiger partial charge in [0.25, 0.3) is 0 Å². The molecule has 0 N–H and O–H groups in total. The van der Waals surface area contributed by atoms with E-state index < -0.39 is 6.10 Å². The Labute approximate surface area is 169 Å². The van der Waals surface area contributed by atoms with Crippen LogP contribution < -0.4 is 10.2 Å². The fraction of sp³-hybridized carbons (Fsp3) is 0.333. The molecule has 1 saturated carbocycles. The Bertz CT molecular complexity index is 1050. The third-order valence-corrected chi connectivity index (χ3v) is 5.24. The van der Waals surface area contributed by atoms with Crippen LogP contribution in [0, 0.1) is 0 Å². The van der Waals surface area contributed by atoms with Gasteiger partial charge in [0, 0.05) is 11.6 Å². The van der Waals surface area contributed by atoms with Crippen LogP contribution in [0.4, 0.5) is 0 Å². The van der Waals surface area contributed by atoms with E-state index in [1.165, 1.54) is 12.5 Å². The molecule has 1 heterocycles. The highest BCUT2D eigenvalue weighted by atomic mass is 16.6. The third-order valence-electron chi connectivity index (χ3n) is 5.24. The fourth-order valence-electron chi connectivity index (χ4n) is 3.65. The summed E-state index contributed by atoms with van der Waals surface area (Å²) in [6, 6.07) is 16.0. The van der Waals surface area contributed by atoms with E-state index >= 15 is 0 Å². The highest BCUT2D eigenvalue weighted by Crippen LogP contribution is 2.25. The van der Waals surface area contributed by atoms with Crippen LogP contribution >= 0.6 is 0 Å². The van der Waals surface area contributed by atoms with Crippen molar-refractivity contribution >= 4 is 16.9 Å². The average Bonchev–Trinajstić information content (AvgIpc) is 2.75. The lowest BCUT2D eigenvalue weighted by molar-refractivity contribution is -0.158. The Hall–Kier alpha value is -3.08. The number of ether oxygens (including phenoxy) is 2. The number of esters is 1. The number of hydrogen-bond donors (Lipinski definition) is 0. The summed E-state index contributed by atoms with van der Waals surface area (Å²) >= 11 is 0. The number of benzene rings is 2. The Morgan fingerprint density at radius 1 is 1.03 bits per heavy atom. The van der Waals surface area contributed by atoms with Crippen molar-refractivity contribution in [2.45, 2.75) is 51.2 Å². The maximum absolute atomic E-state index is 12.6. The maximum atomic E-state index is 12.6. The molecule has 1 fully saturated rings. The van der Waals surface area contributed by atoms with Gasteiger partial charge in [-0.3, -0.25) is 4.79 Å². The molecule has 0 radical (unpaired) electrons. The molecule has 1 atom stereocenters. The second-order valence-electron chi connectivity index (χ2n) is 7.46. The number of carbonyl (C=O) groups excluding carboxylic acids is 1. The number of rotatable bonds is 5. The molecule has 1 aliphatic rings. The lowest BCUT2D eigenvalue weighted by Crippen LogP contribution is -2.31. The van der Waals surface area contributed by atoms with Gasteiger partial charge in [0.15, 0.2) is 11.5 Å². The number of hydrogen-bond acceptors (Lipinski definition) is 5. The van der Waals surface area contributed by atoms with Gasteiger partial charge in [-0.25, -0.2) is 4.79 Å². The summed E-state index contributed by atoms with van der Waals surface area (Å²) in [5.74, 6) is 0.579. The largest absolute Gasteiger partial charge is 0.479 e. The Morgan fingerprint density at radius 2 is 1.79 bits per heavy atom. The molecule has 2 aromatic carbocycles. The third kappa shape index (κ3) is 4.50. The van der Waals surface area contributed by atoms with Crippen LogP contribution in [0.5, 0.6) is 5.75 Å². The van der Waals surface area contributed by atoms with E-state index in [1.807, 2.05) is 30.3 Å². The first-order valence-electron chi connectivity index (χ1n) is 10.1. The zero-order chi connectivity index (χ0) is 20.2. The molecular weight excluding hydrogens is 368 g/mol.